The zero-order chi connectivity index (χ0) is 10.8. The number of aromatic carboxylic acids is 1. The number of rotatable bonds is 2. The zero-order valence-corrected chi connectivity index (χ0v) is 7.64. The first-order valence-electron chi connectivity index (χ1n) is 4.24. The van der Waals surface area contributed by atoms with Crippen LogP contribution in [0.3, 0.4) is 0 Å². The molecule has 2 rings (SSSR count). The Balaban J connectivity index is 2.54. The van der Waals surface area contributed by atoms with Crippen LogP contribution in [0.5, 0.6) is 5.75 Å². The predicted molar refractivity (Wildman–Crippen MR) is 52.6 cm³/mol. The van der Waals surface area contributed by atoms with Crippen LogP contribution in [0.15, 0.2) is 30.5 Å². The van der Waals surface area contributed by atoms with E-state index in [1.54, 1.807) is 12.1 Å². The minimum atomic E-state index is -1.05. The number of aromatic amines is 1. The topological polar surface area (TPSA) is 86.2 Å². The van der Waals surface area contributed by atoms with E-state index in [9.17, 15) is 9.90 Å². The first-order chi connectivity index (χ1) is 7.18. The van der Waals surface area contributed by atoms with Crippen molar-refractivity contribution in [2.24, 2.45) is 0 Å². The molecule has 0 amide bonds. The van der Waals surface area contributed by atoms with E-state index >= 15 is 0 Å². The minimum absolute atomic E-state index is 0.0819. The summed E-state index contributed by atoms with van der Waals surface area (Å²) >= 11 is 0. The number of carboxylic acids is 1. The fraction of sp³-hybridized carbons (Fsp3) is 0. The predicted octanol–water partition coefficient (Wildman–Crippen LogP) is 1.48. The molecule has 1 heterocycles. The number of phenolic OH excluding ortho intramolecular Hbond substituents is 1. The maximum Gasteiger partial charge on any atom is 0.339 e. The number of carbonyl (C=O) groups is 1. The lowest BCUT2D eigenvalue weighted by Crippen LogP contribution is -1.96. The van der Waals surface area contributed by atoms with Gasteiger partial charge in [0.1, 0.15) is 11.3 Å². The largest absolute Gasteiger partial charge is 0.508 e. The molecule has 0 spiro atoms. The van der Waals surface area contributed by atoms with Gasteiger partial charge in [0.05, 0.1) is 11.9 Å². The number of hydrogen-bond donors (Lipinski definition) is 3. The lowest BCUT2D eigenvalue weighted by atomic mass is 10.1. The number of benzene rings is 1. The normalized spacial score (nSPS) is 10.1. The van der Waals surface area contributed by atoms with Crippen LogP contribution in [0.2, 0.25) is 0 Å². The Morgan fingerprint density at radius 3 is 2.87 bits per heavy atom. The maximum atomic E-state index is 10.8. The molecule has 3 N–H and O–H groups in total. The quantitative estimate of drug-likeness (QED) is 0.691. The van der Waals surface area contributed by atoms with Gasteiger partial charge in [-0.25, -0.2) is 4.79 Å². The third kappa shape index (κ3) is 1.67. The van der Waals surface area contributed by atoms with Crippen LogP contribution in [-0.4, -0.2) is 26.4 Å². The molecule has 5 nitrogen and oxygen atoms in total. The molecule has 0 aliphatic carbocycles. The standard InChI is InChI=1S/C10H8N2O3/c13-7-3-1-2-6(4-7)9-8(10(14)15)5-11-12-9/h1-5,13H,(H,11,12)(H,14,15). The van der Waals surface area contributed by atoms with Crippen molar-refractivity contribution >= 4 is 5.97 Å². The molecule has 0 saturated carbocycles. The molecule has 0 unspecified atom stereocenters. The number of H-pyrrole nitrogens is 1. The highest BCUT2D eigenvalue weighted by Gasteiger charge is 2.13. The fourth-order valence-electron chi connectivity index (χ4n) is 1.33. The van der Waals surface area contributed by atoms with Crippen molar-refractivity contribution < 1.29 is 15.0 Å². The number of aromatic hydroxyl groups is 1. The molecule has 5 heteroatoms. The molecule has 0 aliphatic heterocycles. The van der Waals surface area contributed by atoms with Crippen molar-refractivity contribution in [3.8, 4) is 17.0 Å². The number of aromatic nitrogens is 2. The first kappa shape index (κ1) is 9.26. The summed E-state index contributed by atoms with van der Waals surface area (Å²) in [5.74, 6) is -0.972. The van der Waals surface area contributed by atoms with Gasteiger partial charge >= 0.3 is 5.97 Å². The van der Waals surface area contributed by atoms with E-state index in [1.807, 2.05) is 0 Å². The molecule has 15 heavy (non-hydrogen) atoms. The molecular weight excluding hydrogens is 196 g/mol. The second-order valence-electron chi connectivity index (χ2n) is 3.01. The molecule has 2 aromatic rings. The Labute approximate surface area is 85.0 Å². The highest BCUT2D eigenvalue weighted by atomic mass is 16.4. The number of carboxylic acid groups (broad SMARTS) is 1. The molecule has 0 radical (unpaired) electrons. The van der Waals surface area contributed by atoms with E-state index in [0.717, 1.165) is 0 Å². The summed E-state index contributed by atoms with van der Waals surface area (Å²) in [5, 5.41) is 24.4. The van der Waals surface area contributed by atoms with Gasteiger partial charge in [0, 0.05) is 5.56 Å². The van der Waals surface area contributed by atoms with Crippen LogP contribution in [-0.2, 0) is 0 Å². The fourth-order valence-corrected chi connectivity index (χ4v) is 1.33. The zero-order valence-electron chi connectivity index (χ0n) is 7.64. The Bertz CT molecular complexity index is 505. The van der Waals surface area contributed by atoms with Gasteiger partial charge in [-0.05, 0) is 12.1 Å². The molecule has 1 aromatic carbocycles. The number of nitrogens with zero attached hydrogens (tertiary/aromatic N) is 1. The maximum absolute atomic E-state index is 10.8. The summed E-state index contributed by atoms with van der Waals surface area (Å²) in [4.78, 5) is 10.8. The Morgan fingerprint density at radius 1 is 1.40 bits per heavy atom. The van der Waals surface area contributed by atoms with E-state index < -0.39 is 5.97 Å². The Kier molecular flexibility index (Phi) is 2.13. The van der Waals surface area contributed by atoms with E-state index in [4.69, 9.17) is 5.11 Å². The van der Waals surface area contributed by atoms with Crippen molar-refractivity contribution in [3.63, 3.8) is 0 Å². The smallest absolute Gasteiger partial charge is 0.339 e. The summed E-state index contributed by atoms with van der Waals surface area (Å²) in [6, 6.07) is 6.32. The summed E-state index contributed by atoms with van der Waals surface area (Å²) in [6.45, 7) is 0. The number of hydrogen-bond acceptors (Lipinski definition) is 3. The summed E-state index contributed by atoms with van der Waals surface area (Å²) < 4.78 is 0. The molecule has 76 valence electrons. The monoisotopic (exact) mass is 204 g/mol. The van der Waals surface area contributed by atoms with Crippen molar-refractivity contribution in [2.75, 3.05) is 0 Å². The van der Waals surface area contributed by atoms with Crippen LogP contribution in [0, 0.1) is 0 Å². The molecule has 0 bridgehead atoms. The van der Waals surface area contributed by atoms with Gasteiger partial charge < -0.3 is 10.2 Å². The van der Waals surface area contributed by atoms with Crippen LogP contribution in [0.1, 0.15) is 10.4 Å². The molecule has 0 saturated heterocycles. The lowest BCUT2D eigenvalue weighted by molar-refractivity contribution is 0.0698. The first-order valence-corrected chi connectivity index (χ1v) is 4.24. The highest BCUT2D eigenvalue weighted by molar-refractivity contribution is 5.94. The number of nitrogens with one attached hydrogen (secondary N) is 1. The third-order valence-electron chi connectivity index (χ3n) is 2.00. The molecule has 0 atom stereocenters. The number of phenols is 1. The van der Waals surface area contributed by atoms with Gasteiger partial charge in [0.15, 0.2) is 0 Å². The Morgan fingerprint density at radius 2 is 2.20 bits per heavy atom. The minimum Gasteiger partial charge on any atom is -0.508 e. The van der Waals surface area contributed by atoms with Crippen LogP contribution in [0.4, 0.5) is 0 Å². The summed E-state index contributed by atoms with van der Waals surface area (Å²) in [7, 11) is 0. The SMILES string of the molecule is O=C(O)c1cn[nH]c1-c1cccc(O)c1. The summed E-state index contributed by atoms with van der Waals surface area (Å²) in [5.41, 5.74) is 1.06. The van der Waals surface area contributed by atoms with Crippen LogP contribution >= 0.6 is 0 Å². The molecular formula is C10H8N2O3. The van der Waals surface area contributed by atoms with Gasteiger partial charge in [0.2, 0.25) is 0 Å². The van der Waals surface area contributed by atoms with E-state index in [-0.39, 0.29) is 11.3 Å². The molecule has 0 fully saturated rings. The van der Waals surface area contributed by atoms with Crippen LogP contribution < -0.4 is 0 Å². The average Bonchev–Trinajstić information content (AvgIpc) is 2.65. The average molecular weight is 204 g/mol. The molecule has 0 aliphatic rings. The molecule has 1 aromatic heterocycles. The van der Waals surface area contributed by atoms with Crippen molar-refractivity contribution in [1.29, 1.82) is 0 Å². The van der Waals surface area contributed by atoms with Crippen molar-refractivity contribution in [1.82, 2.24) is 10.2 Å². The Hall–Kier alpha value is -2.30. The van der Waals surface area contributed by atoms with Gasteiger partial charge in [0.25, 0.3) is 0 Å². The van der Waals surface area contributed by atoms with Crippen LogP contribution in [0.25, 0.3) is 11.3 Å². The van der Waals surface area contributed by atoms with Crippen molar-refractivity contribution in [3.05, 3.63) is 36.0 Å². The summed E-state index contributed by atoms with van der Waals surface area (Å²) in [6.07, 6.45) is 1.24. The highest BCUT2D eigenvalue weighted by Crippen LogP contribution is 2.24. The second kappa shape index (κ2) is 3.45. The van der Waals surface area contributed by atoms with Gasteiger partial charge in [-0.15, -0.1) is 0 Å². The van der Waals surface area contributed by atoms with Gasteiger partial charge in [-0.1, -0.05) is 12.1 Å². The van der Waals surface area contributed by atoms with Gasteiger partial charge in [-0.2, -0.15) is 5.10 Å². The second-order valence-corrected chi connectivity index (χ2v) is 3.01. The van der Waals surface area contributed by atoms with E-state index in [0.29, 0.717) is 11.3 Å². The lowest BCUT2D eigenvalue weighted by Gasteiger charge is -2.00. The van der Waals surface area contributed by atoms with Crippen molar-refractivity contribution in [2.45, 2.75) is 0 Å². The van der Waals surface area contributed by atoms with E-state index in [1.165, 1.54) is 18.3 Å². The van der Waals surface area contributed by atoms with Gasteiger partial charge in [-0.3, -0.25) is 5.10 Å². The third-order valence-corrected chi connectivity index (χ3v) is 2.00. The van der Waals surface area contributed by atoms with E-state index in [2.05, 4.69) is 10.2 Å².